The Labute approximate surface area is 110 Å². The second kappa shape index (κ2) is 7.39. The van der Waals surface area contributed by atoms with E-state index in [0.29, 0.717) is 0 Å². The summed E-state index contributed by atoms with van der Waals surface area (Å²) in [6.07, 6.45) is 2.53. The third-order valence-electron chi connectivity index (χ3n) is 3.62. The number of hydrogen-bond acceptors (Lipinski definition) is 3. The Morgan fingerprint density at radius 1 is 1.22 bits per heavy atom. The lowest BCUT2D eigenvalue weighted by atomic mass is 10.1. The molecule has 2 rings (SSSR count). The van der Waals surface area contributed by atoms with E-state index in [-0.39, 0.29) is 0 Å². The summed E-state index contributed by atoms with van der Waals surface area (Å²) in [5.41, 5.74) is 0. The lowest BCUT2D eigenvalue weighted by molar-refractivity contribution is 0.141. The van der Waals surface area contributed by atoms with E-state index >= 15 is 0 Å². The van der Waals surface area contributed by atoms with Crippen LogP contribution < -0.4 is 10.1 Å². The number of para-hydroxylation sites is 1. The first-order valence-electron chi connectivity index (χ1n) is 7.02. The van der Waals surface area contributed by atoms with Crippen LogP contribution in [0, 0.1) is 0 Å². The van der Waals surface area contributed by atoms with E-state index in [1.54, 1.807) is 0 Å². The summed E-state index contributed by atoms with van der Waals surface area (Å²) in [6, 6.07) is 10.8. The topological polar surface area (TPSA) is 24.5 Å². The summed E-state index contributed by atoms with van der Waals surface area (Å²) in [4.78, 5) is 2.55. The maximum absolute atomic E-state index is 5.77. The van der Waals surface area contributed by atoms with Gasteiger partial charge in [-0.3, -0.25) is 4.90 Å². The average Bonchev–Trinajstić information content (AvgIpc) is 2.46. The van der Waals surface area contributed by atoms with E-state index in [9.17, 15) is 0 Å². The number of rotatable bonds is 6. The summed E-state index contributed by atoms with van der Waals surface area (Å²) in [6.45, 7) is 7.46. The highest BCUT2D eigenvalue weighted by Crippen LogP contribution is 2.12. The zero-order valence-electron chi connectivity index (χ0n) is 11.3. The molecule has 0 bridgehead atoms. The normalized spacial score (nSPS) is 17.0. The summed E-state index contributed by atoms with van der Waals surface area (Å²) in [5, 5.41) is 3.42. The minimum atomic E-state index is 0.732. The van der Waals surface area contributed by atoms with Crippen molar-refractivity contribution in [2.45, 2.75) is 25.8 Å². The van der Waals surface area contributed by atoms with E-state index in [2.05, 4.69) is 17.1 Å². The van der Waals surface area contributed by atoms with Crippen molar-refractivity contribution in [3.8, 4) is 5.75 Å². The van der Waals surface area contributed by atoms with Gasteiger partial charge in [-0.25, -0.2) is 0 Å². The number of ether oxygens (including phenoxy) is 1. The molecule has 1 N–H and O–H groups in total. The van der Waals surface area contributed by atoms with Gasteiger partial charge < -0.3 is 10.1 Å². The Bertz CT molecular complexity index is 323. The van der Waals surface area contributed by atoms with Gasteiger partial charge in [-0.15, -0.1) is 0 Å². The molecule has 1 aliphatic heterocycles. The number of benzene rings is 1. The Hall–Kier alpha value is -1.06. The summed E-state index contributed by atoms with van der Waals surface area (Å²) >= 11 is 0. The van der Waals surface area contributed by atoms with Crippen molar-refractivity contribution in [3.63, 3.8) is 0 Å². The molecule has 1 saturated heterocycles. The number of nitrogens with one attached hydrogen (secondary N) is 1. The van der Waals surface area contributed by atoms with Crippen molar-refractivity contribution in [2.24, 2.45) is 0 Å². The van der Waals surface area contributed by atoms with Crippen LogP contribution in [0.25, 0.3) is 0 Å². The van der Waals surface area contributed by atoms with Crippen LogP contribution in [-0.2, 0) is 0 Å². The summed E-state index contributed by atoms with van der Waals surface area (Å²) in [7, 11) is 0. The molecule has 0 amide bonds. The molecule has 1 aliphatic rings. The minimum absolute atomic E-state index is 0.732. The van der Waals surface area contributed by atoms with Crippen molar-refractivity contribution in [3.05, 3.63) is 30.3 Å². The molecule has 0 aromatic heterocycles. The van der Waals surface area contributed by atoms with Crippen LogP contribution in [0.5, 0.6) is 5.75 Å². The largest absolute Gasteiger partial charge is 0.492 e. The molecule has 1 heterocycles. The standard InChI is InChI=1S/C15H24N2O/c1-2-17(14-8-10-16-11-9-14)12-13-18-15-6-4-3-5-7-15/h3-7,14,16H,2,8-13H2,1H3. The first-order valence-corrected chi connectivity index (χ1v) is 7.02. The van der Waals surface area contributed by atoms with Crippen LogP contribution in [0.4, 0.5) is 0 Å². The number of likely N-dealkylation sites (N-methyl/N-ethyl adjacent to an activating group) is 1. The predicted octanol–water partition coefficient (Wildman–Crippen LogP) is 2.14. The van der Waals surface area contributed by atoms with Crippen molar-refractivity contribution >= 4 is 0 Å². The van der Waals surface area contributed by atoms with E-state index in [0.717, 1.165) is 44.6 Å². The maximum atomic E-state index is 5.77. The molecule has 0 spiro atoms. The van der Waals surface area contributed by atoms with Gasteiger partial charge >= 0.3 is 0 Å². The molecule has 0 saturated carbocycles. The van der Waals surface area contributed by atoms with Gasteiger partial charge in [0.15, 0.2) is 0 Å². The van der Waals surface area contributed by atoms with Crippen molar-refractivity contribution < 1.29 is 4.74 Å². The lowest BCUT2D eigenvalue weighted by Crippen LogP contribution is -2.44. The highest BCUT2D eigenvalue weighted by Gasteiger charge is 2.19. The second-order valence-electron chi connectivity index (χ2n) is 4.77. The molecule has 1 aromatic carbocycles. The first-order chi connectivity index (χ1) is 8.90. The molecule has 1 aromatic rings. The van der Waals surface area contributed by atoms with Crippen LogP contribution >= 0.6 is 0 Å². The quantitative estimate of drug-likeness (QED) is 0.835. The van der Waals surface area contributed by atoms with Crippen LogP contribution in [0.3, 0.4) is 0 Å². The van der Waals surface area contributed by atoms with Gasteiger partial charge in [-0.05, 0) is 44.6 Å². The molecule has 1 fully saturated rings. The SMILES string of the molecule is CCN(CCOc1ccccc1)C1CCNCC1. The molecule has 3 nitrogen and oxygen atoms in total. The molecule has 0 unspecified atom stereocenters. The van der Waals surface area contributed by atoms with Gasteiger partial charge in [0.25, 0.3) is 0 Å². The molecule has 100 valence electrons. The number of nitrogens with zero attached hydrogens (tertiary/aromatic N) is 1. The second-order valence-corrected chi connectivity index (χ2v) is 4.77. The fourth-order valence-corrected chi connectivity index (χ4v) is 2.57. The number of piperidine rings is 1. The molecule has 18 heavy (non-hydrogen) atoms. The molecule has 3 heteroatoms. The third-order valence-corrected chi connectivity index (χ3v) is 3.62. The summed E-state index contributed by atoms with van der Waals surface area (Å²) in [5.74, 6) is 0.971. The Morgan fingerprint density at radius 2 is 1.94 bits per heavy atom. The van der Waals surface area contributed by atoms with Crippen LogP contribution in [-0.4, -0.2) is 43.7 Å². The predicted molar refractivity (Wildman–Crippen MR) is 75.1 cm³/mol. The smallest absolute Gasteiger partial charge is 0.119 e. The van der Waals surface area contributed by atoms with Crippen molar-refractivity contribution in [1.29, 1.82) is 0 Å². The Morgan fingerprint density at radius 3 is 2.61 bits per heavy atom. The van der Waals surface area contributed by atoms with E-state index in [1.165, 1.54) is 12.8 Å². The Balaban J connectivity index is 1.73. The molecule has 0 atom stereocenters. The van der Waals surface area contributed by atoms with Crippen LogP contribution in [0.2, 0.25) is 0 Å². The van der Waals surface area contributed by atoms with Crippen molar-refractivity contribution in [2.75, 3.05) is 32.8 Å². The van der Waals surface area contributed by atoms with Gasteiger partial charge in [0.1, 0.15) is 12.4 Å². The Kier molecular flexibility index (Phi) is 5.49. The average molecular weight is 248 g/mol. The zero-order chi connectivity index (χ0) is 12.6. The highest BCUT2D eigenvalue weighted by atomic mass is 16.5. The first kappa shape index (κ1) is 13.4. The molecular weight excluding hydrogens is 224 g/mol. The van der Waals surface area contributed by atoms with Gasteiger partial charge in [0.05, 0.1) is 0 Å². The van der Waals surface area contributed by atoms with Crippen LogP contribution in [0.15, 0.2) is 30.3 Å². The van der Waals surface area contributed by atoms with Crippen LogP contribution in [0.1, 0.15) is 19.8 Å². The van der Waals surface area contributed by atoms with E-state index < -0.39 is 0 Å². The molecule has 0 radical (unpaired) electrons. The molecular formula is C15H24N2O. The maximum Gasteiger partial charge on any atom is 0.119 e. The van der Waals surface area contributed by atoms with Gasteiger partial charge in [0, 0.05) is 12.6 Å². The fraction of sp³-hybridized carbons (Fsp3) is 0.600. The van der Waals surface area contributed by atoms with E-state index in [4.69, 9.17) is 4.74 Å². The molecule has 0 aliphatic carbocycles. The van der Waals surface area contributed by atoms with Gasteiger partial charge in [-0.2, -0.15) is 0 Å². The lowest BCUT2D eigenvalue weighted by Gasteiger charge is -2.33. The van der Waals surface area contributed by atoms with Gasteiger partial charge in [-0.1, -0.05) is 25.1 Å². The zero-order valence-corrected chi connectivity index (χ0v) is 11.3. The third kappa shape index (κ3) is 4.00. The van der Waals surface area contributed by atoms with Gasteiger partial charge in [0.2, 0.25) is 0 Å². The summed E-state index contributed by atoms with van der Waals surface area (Å²) < 4.78 is 5.77. The van der Waals surface area contributed by atoms with Crippen molar-refractivity contribution in [1.82, 2.24) is 10.2 Å². The number of hydrogen-bond donors (Lipinski definition) is 1. The highest BCUT2D eigenvalue weighted by molar-refractivity contribution is 5.20. The van der Waals surface area contributed by atoms with E-state index in [1.807, 2.05) is 30.3 Å². The fourth-order valence-electron chi connectivity index (χ4n) is 2.57. The minimum Gasteiger partial charge on any atom is -0.492 e. The monoisotopic (exact) mass is 248 g/mol.